The first-order valence-corrected chi connectivity index (χ1v) is 9.08. The molecule has 0 fully saturated rings. The highest BCUT2D eigenvalue weighted by Crippen LogP contribution is 2.24. The van der Waals surface area contributed by atoms with Crippen molar-refractivity contribution in [1.82, 2.24) is 15.2 Å². The first kappa shape index (κ1) is 18.9. The molecule has 0 aliphatic heterocycles. The van der Waals surface area contributed by atoms with Crippen molar-refractivity contribution in [3.05, 3.63) is 63.7 Å². The number of nitro benzene ring substituents is 1. The van der Waals surface area contributed by atoms with Crippen molar-refractivity contribution in [2.75, 3.05) is 5.32 Å². The van der Waals surface area contributed by atoms with Gasteiger partial charge in [0, 0.05) is 28.4 Å². The largest absolute Gasteiger partial charge is 0.325 e. The number of anilines is 1. The topological polar surface area (TPSA) is 114 Å². The van der Waals surface area contributed by atoms with Crippen LogP contribution in [0.1, 0.15) is 6.92 Å². The van der Waals surface area contributed by atoms with Gasteiger partial charge in [0.25, 0.3) is 5.69 Å². The zero-order chi connectivity index (χ0) is 19.4. The number of hydrogen-bond donors (Lipinski definition) is 2. The summed E-state index contributed by atoms with van der Waals surface area (Å²) in [6.45, 7) is 1.73. The molecule has 0 aliphatic rings. The van der Waals surface area contributed by atoms with Crippen molar-refractivity contribution in [3.63, 3.8) is 0 Å². The standard InChI is InChI=1S/C17H14ClN5O3S/c1-10(16(24)19-13-6-8-14(9-7-13)23(25)26)27-17-20-15(21-22-17)11-2-4-12(18)5-3-11/h2-10H,1H3,(H,19,24)(H,20,21,22). The predicted octanol–water partition coefficient (Wildman–Crippen LogP) is 4.15. The Kier molecular flexibility index (Phi) is 5.72. The van der Waals surface area contributed by atoms with Crippen LogP contribution < -0.4 is 5.32 Å². The van der Waals surface area contributed by atoms with Crippen LogP contribution in [0.3, 0.4) is 0 Å². The van der Waals surface area contributed by atoms with Crippen molar-refractivity contribution in [2.45, 2.75) is 17.3 Å². The fraction of sp³-hybridized carbons (Fsp3) is 0.118. The SMILES string of the molecule is CC(Sc1n[nH]c(-c2ccc(Cl)cc2)n1)C(=O)Nc1ccc([N+](=O)[O-])cc1. The van der Waals surface area contributed by atoms with Gasteiger partial charge in [-0.1, -0.05) is 23.4 Å². The number of carbonyl (C=O) groups excluding carboxylic acids is 1. The molecule has 0 saturated heterocycles. The number of aromatic nitrogens is 3. The zero-order valence-electron chi connectivity index (χ0n) is 14.0. The summed E-state index contributed by atoms with van der Waals surface area (Å²) in [7, 11) is 0. The number of nitrogens with one attached hydrogen (secondary N) is 2. The second-order valence-corrected chi connectivity index (χ2v) is 7.27. The lowest BCUT2D eigenvalue weighted by molar-refractivity contribution is -0.384. The van der Waals surface area contributed by atoms with Crippen molar-refractivity contribution in [3.8, 4) is 11.4 Å². The third-order valence-electron chi connectivity index (χ3n) is 3.58. The summed E-state index contributed by atoms with van der Waals surface area (Å²) in [5.41, 5.74) is 1.28. The van der Waals surface area contributed by atoms with E-state index in [9.17, 15) is 14.9 Å². The first-order valence-electron chi connectivity index (χ1n) is 7.82. The number of carbonyl (C=O) groups is 1. The van der Waals surface area contributed by atoms with E-state index in [0.717, 1.165) is 5.56 Å². The molecule has 1 atom stereocenters. The van der Waals surface area contributed by atoms with Crippen LogP contribution in [-0.2, 0) is 4.79 Å². The Morgan fingerprint density at radius 2 is 1.89 bits per heavy atom. The van der Waals surface area contributed by atoms with E-state index < -0.39 is 10.2 Å². The summed E-state index contributed by atoms with van der Waals surface area (Å²) in [6.07, 6.45) is 0. The number of nitrogens with zero attached hydrogens (tertiary/aromatic N) is 3. The summed E-state index contributed by atoms with van der Waals surface area (Å²) in [4.78, 5) is 26.8. The highest BCUT2D eigenvalue weighted by Gasteiger charge is 2.18. The summed E-state index contributed by atoms with van der Waals surface area (Å²) in [5, 5.41) is 20.9. The monoisotopic (exact) mass is 403 g/mol. The first-order chi connectivity index (χ1) is 12.9. The number of halogens is 1. The molecule has 8 nitrogen and oxygen atoms in total. The number of amides is 1. The molecule has 1 unspecified atom stereocenters. The number of non-ortho nitro benzene ring substituents is 1. The fourth-order valence-corrected chi connectivity index (χ4v) is 3.01. The molecule has 10 heteroatoms. The van der Waals surface area contributed by atoms with Gasteiger partial charge in [-0.15, -0.1) is 5.10 Å². The van der Waals surface area contributed by atoms with Crippen molar-refractivity contribution in [2.24, 2.45) is 0 Å². The van der Waals surface area contributed by atoms with Gasteiger partial charge in [-0.3, -0.25) is 20.0 Å². The number of nitro groups is 1. The molecule has 2 N–H and O–H groups in total. The van der Waals surface area contributed by atoms with Gasteiger partial charge in [0.2, 0.25) is 11.1 Å². The van der Waals surface area contributed by atoms with Crippen LogP contribution in [0, 0.1) is 10.1 Å². The third kappa shape index (κ3) is 4.83. The van der Waals surface area contributed by atoms with Gasteiger partial charge < -0.3 is 5.32 Å². The molecule has 2 aromatic carbocycles. The molecule has 0 bridgehead atoms. The molecule has 0 aliphatic carbocycles. The smallest absolute Gasteiger partial charge is 0.269 e. The van der Waals surface area contributed by atoms with Crippen molar-refractivity contribution >= 4 is 40.6 Å². The minimum Gasteiger partial charge on any atom is -0.325 e. The van der Waals surface area contributed by atoms with Crippen LogP contribution >= 0.6 is 23.4 Å². The van der Waals surface area contributed by atoms with E-state index in [2.05, 4.69) is 20.5 Å². The number of H-pyrrole nitrogens is 1. The Morgan fingerprint density at radius 1 is 1.22 bits per heavy atom. The van der Waals surface area contributed by atoms with E-state index in [0.29, 0.717) is 21.7 Å². The van der Waals surface area contributed by atoms with E-state index in [-0.39, 0.29) is 11.6 Å². The number of rotatable bonds is 6. The van der Waals surface area contributed by atoms with Gasteiger partial charge >= 0.3 is 0 Å². The average Bonchev–Trinajstić information content (AvgIpc) is 3.11. The maximum absolute atomic E-state index is 12.3. The molecule has 0 saturated carbocycles. The maximum atomic E-state index is 12.3. The maximum Gasteiger partial charge on any atom is 0.269 e. The second-order valence-electron chi connectivity index (χ2n) is 5.53. The predicted molar refractivity (Wildman–Crippen MR) is 104 cm³/mol. The van der Waals surface area contributed by atoms with E-state index >= 15 is 0 Å². The molecular weight excluding hydrogens is 390 g/mol. The summed E-state index contributed by atoms with van der Waals surface area (Å²) in [5.74, 6) is 0.323. The van der Waals surface area contributed by atoms with Gasteiger partial charge in [-0.05, 0) is 43.3 Å². The van der Waals surface area contributed by atoms with E-state index in [1.54, 1.807) is 19.1 Å². The van der Waals surface area contributed by atoms with Crippen molar-refractivity contribution < 1.29 is 9.72 Å². The second kappa shape index (κ2) is 8.19. The normalized spacial score (nSPS) is 11.8. The summed E-state index contributed by atoms with van der Waals surface area (Å²) < 4.78 is 0. The summed E-state index contributed by atoms with van der Waals surface area (Å²) in [6, 6.07) is 12.8. The molecule has 0 spiro atoms. The lowest BCUT2D eigenvalue weighted by Gasteiger charge is -2.09. The van der Waals surface area contributed by atoms with Crippen LogP contribution in [0.5, 0.6) is 0 Å². The minimum atomic E-state index is -0.494. The minimum absolute atomic E-state index is 0.0362. The molecule has 1 aromatic heterocycles. The van der Waals surface area contributed by atoms with Crippen LogP contribution in [0.2, 0.25) is 5.02 Å². The molecule has 1 heterocycles. The molecule has 1 amide bonds. The highest BCUT2D eigenvalue weighted by atomic mass is 35.5. The number of thioether (sulfide) groups is 1. The lowest BCUT2D eigenvalue weighted by Crippen LogP contribution is -2.22. The molecule has 0 radical (unpaired) electrons. The lowest BCUT2D eigenvalue weighted by atomic mass is 10.2. The molecular formula is C17H14ClN5O3S. The number of aromatic amines is 1. The van der Waals surface area contributed by atoms with Gasteiger partial charge in [-0.2, -0.15) is 0 Å². The Hall–Kier alpha value is -2.91. The highest BCUT2D eigenvalue weighted by molar-refractivity contribution is 8.00. The van der Waals surface area contributed by atoms with E-state index in [4.69, 9.17) is 11.6 Å². The zero-order valence-corrected chi connectivity index (χ0v) is 15.6. The molecule has 27 heavy (non-hydrogen) atoms. The van der Waals surface area contributed by atoms with Crippen LogP contribution in [0.25, 0.3) is 11.4 Å². The molecule has 3 rings (SSSR count). The Labute approximate surface area is 163 Å². The average molecular weight is 404 g/mol. The van der Waals surface area contributed by atoms with Gasteiger partial charge in [0.1, 0.15) is 0 Å². The van der Waals surface area contributed by atoms with Crippen LogP contribution in [0.15, 0.2) is 53.7 Å². The van der Waals surface area contributed by atoms with Gasteiger partial charge in [-0.25, -0.2) is 4.98 Å². The molecule has 138 valence electrons. The Balaban J connectivity index is 1.61. The third-order valence-corrected chi connectivity index (χ3v) is 4.79. The quantitative estimate of drug-likeness (QED) is 0.363. The van der Waals surface area contributed by atoms with E-state index in [1.165, 1.54) is 36.0 Å². The van der Waals surface area contributed by atoms with E-state index in [1.807, 2.05) is 12.1 Å². The number of benzene rings is 2. The van der Waals surface area contributed by atoms with Crippen molar-refractivity contribution in [1.29, 1.82) is 0 Å². The van der Waals surface area contributed by atoms with Crippen LogP contribution in [-0.4, -0.2) is 31.3 Å². The summed E-state index contributed by atoms with van der Waals surface area (Å²) >= 11 is 7.07. The Morgan fingerprint density at radius 3 is 2.52 bits per heavy atom. The fourth-order valence-electron chi connectivity index (χ4n) is 2.16. The van der Waals surface area contributed by atoms with Gasteiger partial charge in [0.15, 0.2) is 5.82 Å². The Bertz CT molecular complexity index is 959. The molecule has 3 aromatic rings. The number of hydrogen-bond acceptors (Lipinski definition) is 6. The van der Waals surface area contributed by atoms with Gasteiger partial charge in [0.05, 0.1) is 10.2 Å². The van der Waals surface area contributed by atoms with Crippen LogP contribution in [0.4, 0.5) is 11.4 Å².